The summed E-state index contributed by atoms with van der Waals surface area (Å²) in [4.78, 5) is 0. The second-order valence-corrected chi connectivity index (χ2v) is 13.5. The first-order valence-corrected chi connectivity index (χ1v) is 15.5. The quantitative estimate of drug-likeness (QED) is 0.474. The normalized spacial score (nSPS) is 50.7. The lowest BCUT2D eigenvalue weighted by molar-refractivity contribution is -0.243. The molecule has 0 radical (unpaired) electrons. The molecule has 2 N–H and O–H groups in total. The van der Waals surface area contributed by atoms with Crippen LogP contribution in [0.4, 0.5) is 0 Å². The lowest BCUT2D eigenvalue weighted by atomic mass is 9.16. The maximum absolute atomic E-state index is 7.03. The van der Waals surface area contributed by atoms with Crippen LogP contribution in [0.2, 0.25) is 17.5 Å². The van der Waals surface area contributed by atoms with Gasteiger partial charge in [-0.3, -0.25) is 0 Å². The van der Waals surface area contributed by atoms with Crippen LogP contribution in [0.3, 0.4) is 0 Å². The summed E-state index contributed by atoms with van der Waals surface area (Å²) >= 11 is 0. The van der Waals surface area contributed by atoms with E-state index in [0.29, 0.717) is 17.6 Å². The lowest BCUT2D eigenvalue weighted by Gasteiger charge is -2.71. The highest BCUT2D eigenvalue weighted by molar-refractivity contribution is 6.64. The van der Waals surface area contributed by atoms with Gasteiger partial charge in [0.15, 0.2) is 6.71 Å². The van der Waals surface area contributed by atoms with E-state index >= 15 is 0 Å². The van der Waals surface area contributed by atoms with Crippen LogP contribution in [0.5, 0.6) is 0 Å². The van der Waals surface area contributed by atoms with Gasteiger partial charge in [-0.15, -0.1) is 0 Å². The number of piperidine rings is 2. The zero-order valence-electron chi connectivity index (χ0n) is 21.1. The lowest BCUT2D eigenvalue weighted by Crippen LogP contribution is -2.75. The summed E-state index contributed by atoms with van der Waals surface area (Å²) in [6.07, 6.45) is 24.8. The summed E-state index contributed by atoms with van der Waals surface area (Å²) in [6.45, 7) is 4.66. The van der Waals surface area contributed by atoms with Gasteiger partial charge >= 0.3 is 0 Å². The van der Waals surface area contributed by atoms with Crippen LogP contribution in [0.15, 0.2) is 0 Å². The summed E-state index contributed by atoms with van der Waals surface area (Å²) < 4.78 is 7.03. The number of fused-ring (bicyclic) bond motifs is 8. The molecule has 9 unspecified atom stereocenters. The number of rotatable bonds is 1. The topological polar surface area (TPSA) is 33.3 Å². The van der Waals surface area contributed by atoms with Crippen LogP contribution >= 0.6 is 0 Å². The molecule has 3 aliphatic carbocycles. The van der Waals surface area contributed by atoms with Crippen molar-refractivity contribution in [2.24, 2.45) is 23.2 Å². The van der Waals surface area contributed by atoms with E-state index in [2.05, 4.69) is 10.6 Å². The van der Waals surface area contributed by atoms with E-state index in [-0.39, 0.29) is 0 Å². The molecule has 7 rings (SSSR count). The first-order valence-electron chi connectivity index (χ1n) is 15.5. The van der Waals surface area contributed by atoms with Crippen molar-refractivity contribution in [3.05, 3.63) is 0 Å². The standard InChI is InChI=1S/C29H49BN2O/c1-2-9-20(10-3-1)30-24-13-6-4-11-21(24)29(28-25(30)14-8-17-32-28)22-12-5-7-15-26(22)33-27-19-31-18-16-23(27)29/h20-28,31-32H,1-19H2. The molecule has 0 aromatic rings. The van der Waals surface area contributed by atoms with Gasteiger partial charge in [-0.25, -0.2) is 0 Å². The molecule has 4 saturated heterocycles. The van der Waals surface area contributed by atoms with Gasteiger partial charge in [0.2, 0.25) is 0 Å². The van der Waals surface area contributed by atoms with E-state index in [1.54, 1.807) is 25.7 Å². The van der Waals surface area contributed by atoms with Gasteiger partial charge < -0.3 is 15.4 Å². The van der Waals surface area contributed by atoms with Crippen molar-refractivity contribution in [3.63, 3.8) is 0 Å². The molecule has 7 fully saturated rings. The van der Waals surface area contributed by atoms with Crippen LogP contribution in [0, 0.1) is 23.2 Å². The van der Waals surface area contributed by atoms with Gasteiger partial charge in [0.05, 0.1) is 12.2 Å². The van der Waals surface area contributed by atoms with E-state index in [0.717, 1.165) is 54.5 Å². The Hall–Kier alpha value is -0.0551. The fraction of sp³-hybridized carbons (Fsp3) is 1.00. The van der Waals surface area contributed by atoms with E-state index in [1.807, 2.05) is 0 Å². The average Bonchev–Trinajstić information content (AvgIpc) is 2.89. The van der Waals surface area contributed by atoms with Crippen molar-refractivity contribution in [1.29, 1.82) is 0 Å². The minimum Gasteiger partial charge on any atom is -0.373 e. The molecule has 4 aliphatic heterocycles. The van der Waals surface area contributed by atoms with Gasteiger partial charge in [0, 0.05) is 12.6 Å². The maximum atomic E-state index is 7.03. The predicted octanol–water partition coefficient (Wildman–Crippen LogP) is 6.07. The molecule has 4 heteroatoms. The largest absolute Gasteiger partial charge is 0.373 e. The van der Waals surface area contributed by atoms with Crippen molar-refractivity contribution >= 4 is 6.71 Å². The third-order valence-electron chi connectivity index (χ3n) is 12.5. The SMILES string of the molecule is C1CCC(B2C3CCCCC3C3(C4CCCCC4OC4CNCCC43)C3NCCCC23)CC1. The molecule has 0 aromatic heterocycles. The first-order chi connectivity index (χ1) is 16.4. The zero-order chi connectivity index (χ0) is 21.8. The number of hydrogen-bond donors (Lipinski definition) is 2. The second-order valence-electron chi connectivity index (χ2n) is 13.5. The molecule has 9 atom stereocenters. The fourth-order valence-corrected chi connectivity index (χ4v) is 11.8. The van der Waals surface area contributed by atoms with Crippen molar-refractivity contribution in [2.45, 2.75) is 138 Å². The molecule has 7 aliphatic rings. The van der Waals surface area contributed by atoms with Gasteiger partial charge in [0.25, 0.3) is 0 Å². The minimum atomic E-state index is 0.483. The summed E-state index contributed by atoms with van der Waals surface area (Å²) in [5.41, 5.74) is 0.525. The molecular formula is C29H49BN2O. The third kappa shape index (κ3) is 3.39. The smallest absolute Gasteiger partial charge is 0.151 e. The monoisotopic (exact) mass is 452 g/mol. The summed E-state index contributed by atoms with van der Waals surface area (Å²) in [5.74, 6) is 5.64. The van der Waals surface area contributed by atoms with Crippen LogP contribution < -0.4 is 10.6 Å². The molecule has 0 bridgehead atoms. The van der Waals surface area contributed by atoms with E-state index < -0.39 is 0 Å². The summed E-state index contributed by atoms with van der Waals surface area (Å²) in [7, 11) is 0. The van der Waals surface area contributed by atoms with E-state index in [4.69, 9.17) is 4.74 Å². The minimum absolute atomic E-state index is 0.483. The highest BCUT2D eigenvalue weighted by atomic mass is 16.5. The van der Waals surface area contributed by atoms with Crippen molar-refractivity contribution in [2.75, 3.05) is 19.6 Å². The molecule has 0 amide bonds. The van der Waals surface area contributed by atoms with E-state index in [1.165, 1.54) is 90.1 Å². The van der Waals surface area contributed by atoms with E-state index in [9.17, 15) is 0 Å². The highest BCUT2D eigenvalue weighted by Crippen LogP contribution is 2.70. The zero-order valence-corrected chi connectivity index (χ0v) is 21.1. The molecule has 1 spiro atoms. The number of ether oxygens (including phenoxy) is 1. The third-order valence-corrected chi connectivity index (χ3v) is 12.5. The van der Waals surface area contributed by atoms with Crippen LogP contribution in [-0.2, 0) is 4.74 Å². The Kier molecular flexibility index (Phi) is 6.12. The van der Waals surface area contributed by atoms with Gasteiger partial charge in [-0.2, -0.15) is 0 Å². The molecule has 184 valence electrons. The van der Waals surface area contributed by atoms with Gasteiger partial charge in [0.1, 0.15) is 0 Å². The molecular weight excluding hydrogens is 403 g/mol. The highest BCUT2D eigenvalue weighted by Gasteiger charge is 2.69. The summed E-state index contributed by atoms with van der Waals surface area (Å²) in [6, 6.07) is 0.789. The Bertz CT molecular complexity index is 647. The molecule has 0 aromatic carbocycles. The van der Waals surface area contributed by atoms with Crippen LogP contribution in [0.25, 0.3) is 0 Å². The Balaban J connectivity index is 1.36. The van der Waals surface area contributed by atoms with Crippen LogP contribution in [0.1, 0.15) is 103 Å². The number of nitrogens with one attached hydrogen (secondary N) is 2. The van der Waals surface area contributed by atoms with Crippen molar-refractivity contribution in [3.8, 4) is 0 Å². The molecule has 4 heterocycles. The summed E-state index contributed by atoms with van der Waals surface area (Å²) in [5, 5.41) is 8.13. The predicted molar refractivity (Wildman–Crippen MR) is 137 cm³/mol. The van der Waals surface area contributed by atoms with Crippen LogP contribution in [-0.4, -0.2) is 44.6 Å². The molecule has 33 heavy (non-hydrogen) atoms. The second kappa shape index (κ2) is 9.11. The Morgan fingerprint density at radius 3 is 2.24 bits per heavy atom. The average molecular weight is 453 g/mol. The fourth-order valence-electron chi connectivity index (χ4n) is 11.8. The Morgan fingerprint density at radius 2 is 1.33 bits per heavy atom. The maximum Gasteiger partial charge on any atom is 0.151 e. The Morgan fingerprint density at radius 1 is 0.606 bits per heavy atom. The van der Waals surface area contributed by atoms with Crippen molar-refractivity contribution < 1.29 is 4.74 Å². The van der Waals surface area contributed by atoms with Gasteiger partial charge in [-0.1, -0.05) is 88.7 Å². The molecule has 3 saturated carbocycles. The number of hydrogen-bond acceptors (Lipinski definition) is 3. The van der Waals surface area contributed by atoms with Gasteiger partial charge in [-0.05, 0) is 67.8 Å². The molecule has 3 nitrogen and oxygen atoms in total. The first kappa shape index (κ1) is 22.2. The van der Waals surface area contributed by atoms with Crippen molar-refractivity contribution in [1.82, 2.24) is 10.6 Å². The Labute approximate surface area is 203 Å².